The number of aliphatic carboxylic acids is 1. The number of carboxylic acid groups (broad SMARTS) is 1. The van der Waals surface area contributed by atoms with E-state index in [1.165, 1.54) is 5.56 Å². The molecule has 2 aliphatic rings. The van der Waals surface area contributed by atoms with Gasteiger partial charge in [-0.25, -0.2) is 23.0 Å². The summed E-state index contributed by atoms with van der Waals surface area (Å²) >= 11 is 0. The fourth-order valence-corrected chi connectivity index (χ4v) is 6.98. The van der Waals surface area contributed by atoms with Crippen LogP contribution in [-0.4, -0.2) is 104 Å². The summed E-state index contributed by atoms with van der Waals surface area (Å²) in [5.41, 5.74) is 2.27. The van der Waals surface area contributed by atoms with Crippen LogP contribution in [0.3, 0.4) is 0 Å². The van der Waals surface area contributed by atoms with Crippen molar-refractivity contribution in [3.05, 3.63) is 53.7 Å². The summed E-state index contributed by atoms with van der Waals surface area (Å²) in [6.07, 6.45) is 4.76. The van der Waals surface area contributed by atoms with Gasteiger partial charge in [0.25, 0.3) is 0 Å². The number of nitrogens with one attached hydrogen (secondary N) is 2. The molecule has 43 heavy (non-hydrogen) atoms. The van der Waals surface area contributed by atoms with Crippen LogP contribution < -0.4 is 10.6 Å². The number of rotatable bonds is 14. The predicted molar refractivity (Wildman–Crippen MR) is 165 cm³/mol. The van der Waals surface area contributed by atoms with Crippen LogP contribution in [0.15, 0.2) is 47.4 Å². The Morgan fingerprint density at radius 3 is 2.56 bits per heavy atom. The van der Waals surface area contributed by atoms with Crippen LogP contribution in [-0.2, 0) is 32.2 Å². The molecule has 1 aromatic carbocycles. The topological polar surface area (TPSA) is 141 Å². The van der Waals surface area contributed by atoms with Crippen LogP contribution >= 0.6 is 0 Å². The maximum Gasteiger partial charge on any atom is 0.326 e. The van der Waals surface area contributed by atoms with Gasteiger partial charge in [-0.1, -0.05) is 24.3 Å². The van der Waals surface area contributed by atoms with Gasteiger partial charge in [0, 0.05) is 25.3 Å². The summed E-state index contributed by atoms with van der Waals surface area (Å²) in [5.74, 6) is -0.230. The van der Waals surface area contributed by atoms with Gasteiger partial charge in [-0.15, -0.1) is 0 Å². The number of amides is 2. The first kappa shape index (κ1) is 32.7. The zero-order valence-electron chi connectivity index (χ0n) is 25.2. The number of pyridine rings is 1. The number of benzene rings is 1. The number of sulfone groups is 1. The molecule has 3 atom stereocenters. The highest BCUT2D eigenvalue weighted by Crippen LogP contribution is 2.20. The number of carboxylic acids is 1. The maximum atomic E-state index is 13.0. The molecule has 12 heteroatoms. The summed E-state index contributed by atoms with van der Waals surface area (Å²) in [6.45, 7) is 6.67. The van der Waals surface area contributed by atoms with Crippen LogP contribution in [0.4, 0.5) is 10.6 Å². The Kier molecular flexibility index (Phi) is 11.8. The summed E-state index contributed by atoms with van der Waals surface area (Å²) in [7, 11) is -3.50. The summed E-state index contributed by atoms with van der Waals surface area (Å²) in [4.78, 5) is 33.8. The summed E-state index contributed by atoms with van der Waals surface area (Å²) < 4.78 is 31.5. The van der Waals surface area contributed by atoms with Gasteiger partial charge in [0.05, 0.1) is 35.9 Å². The third-order valence-corrected chi connectivity index (χ3v) is 9.83. The zero-order valence-corrected chi connectivity index (χ0v) is 26.0. The number of hydrogen-bond acceptors (Lipinski definition) is 8. The van der Waals surface area contributed by atoms with E-state index in [4.69, 9.17) is 9.72 Å². The molecule has 236 valence electrons. The van der Waals surface area contributed by atoms with Gasteiger partial charge in [0.1, 0.15) is 11.9 Å². The number of carbonyl (C=O) groups excluding carboxylic acids is 1. The van der Waals surface area contributed by atoms with Crippen LogP contribution in [0.1, 0.15) is 50.8 Å². The number of carbonyl (C=O) groups is 2. The van der Waals surface area contributed by atoms with Gasteiger partial charge < -0.3 is 30.3 Å². The largest absolute Gasteiger partial charge is 0.480 e. The average Bonchev–Trinajstić information content (AvgIpc) is 2.99. The first-order valence-electron chi connectivity index (χ1n) is 15.3. The number of unbranched alkanes of at least 4 members (excludes halogenated alkanes) is 1. The summed E-state index contributed by atoms with van der Waals surface area (Å²) in [5, 5.41) is 16.0. The molecule has 1 aromatic heterocycles. The van der Waals surface area contributed by atoms with Crippen LogP contribution in [0.2, 0.25) is 0 Å². The number of morpholine rings is 1. The molecule has 3 heterocycles. The fourth-order valence-electron chi connectivity index (χ4n) is 5.68. The Balaban J connectivity index is 1.36. The van der Waals surface area contributed by atoms with Crippen LogP contribution in [0.25, 0.3) is 0 Å². The second-order valence-electron chi connectivity index (χ2n) is 11.5. The number of ether oxygens (including phenoxy) is 1. The second kappa shape index (κ2) is 15.5. The fraction of sp³-hybridized carbons (Fsp3) is 0.581. The van der Waals surface area contributed by atoms with Gasteiger partial charge in [-0.2, -0.15) is 0 Å². The molecule has 4 rings (SSSR count). The molecule has 0 bridgehead atoms. The lowest BCUT2D eigenvalue weighted by Crippen LogP contribution is -2.58. The van der Waals surface area contributed by atoms with Crippen LogP contribution in [0, 0.1) is 0 Å². The minimum Gasteiger partial charge on any atom is -0.480 e. The van der Waals surface area contributed by atoms with Gasteiger partial charge in [-0.05, 0) is 82.7 Å². The molecule has 3 N–H and O–H groups in total. The lowest BCUT2D eigenvalue weighted by Gasteiger charge is -2.39. The number of urea groups is 1. The third-order valence-electron chi connectivity index (χ3n) is 8.12. The van der Waals surface area contributed by atoms with Crippen molar-refractivity contribution in [2.45, 2.75) is 75.4 Å². The number of aryl methyl sites for hydroxylation is 2. The minimum atomic E-state index is -3.50. The van der Waals surface area contributed by atoms with E-state index in [0.717, 1.165) is 50.2 Å². The Hall–Kier alpha value is -3.22. The Morgan fingerprint density at radius 1 is 1.09 bits per heavy atom. The second-order valence-corrected chi connectivity index (χ2v) is 13.7. The van der Waals surface area contributed by atoms with E-state index in [2.05, 4.69) is 22.8 Å². The molecule has 1 fully saturated rings. The quantitative estimate of drug-likeness (QED) is 0.273. The van der Waals surface area contributed by atoms with Crippen molar-refractivity contribution in [3.8, 4) is 0 Å². The molecule has 0 aliphatic carbocycles. The highest BCUT2D eigenvalue weighted by Gasteiger charge is 2.32. The molecule has 2 amide bonds. The summed E-state index contributed by atoms with van der Waals surface area (Å²) in [6, 6.07) is 10.7. The Labute approximate surface area is 254 Å². The zero-order chi connectivity index (χ0) is 30.8. The average molecular weight is 616 g/mol. The molecule has 0 saturated carbocycles. The van der Waals surface area contributed by atoms with Gasteiger partial charge in [0.2, 0.25) is 0 Å². The molecule has 0 spiro atoms. The molecule has 2 aromatic rings. The highest BCUT2D eigenvalue weighted by atomic mass is 32.2. The maximum absolute atomic E-state index is 13.0. The van der Waals surface area contributed by atoms with Crippen molar-refractivity contribution >= 4 is 27.7 Å². The van der Waals surface area contributed by atoms with Gasteiger partial charge in [0.15, 0.2) is 9.84 Å². The lowest BCUT2D eigenvalue weighted by molar-refractivity contribution is -0.139. The minimum absolute atomic E-state index is 0.0814. The van der Waals surface area contributed by atoms with Crippen molar-refractivity contribution in [3.63, 3.8) is 0 Å². The van der Waals surface area contributed by atoms with Crippen molar-refractivity contribution in [1.29, 1.82) is 0 Å². The number of aromatic nitrogens is 1. The standard InChI is InChI=1S/C31H45N5O6S/c1-23-21-42-22-24(2)36(23)31(39)34-28(30(37)38)15-18-35(19-20-43(40,41)27-11-4-3-5-12-27)17-7-6-10-26-14-13-25-9-8-16-32-29(25)33-26/h3-5,11-14,23-24,28H,6-10,15-22H2,1-2H3,(H,32,33)(H,34,39)(H,37,38). The van der Waals surface area contributed by atoms with E-state index in [1.807, 2.05) is 18.7 Å². The molecule has 11 nitrogen and oxygen atoms in total. The predicted octanol–water partition coefficient (Wildman–Crippen LogP) is 3.20. The molecule has 2 aliphatic heterocycles. The van der Waals surface area contributed by atoms with Gasteiger partial charge in [-0.3, -0.25) is 0 Å². The van der Waals surface area contributed by atoms with E-state index in [9.17, 15) is 23.1 Å². The number of fused-ring (bicyclic) bond motifs is 1. The van der Waals surface area contributed by atoms with Crippen molar-refractivity contribution < 1.29 is 27.9 Å². The monoisotopic (exact) mass is 615 g/mol. The number of anilines is 1. The SMILES string of the molecule is CC1COCC(C)N1C(=O)NC(CCN(CCCCc1ccc2c(n1)NCCC2)CCS(=O)(=O)c1ccccc1)C(=O)O. The van der Waals surface area contributed by atoms with Gasteiger partial charge >= 0.3 is 12.0 Å². The van der Waals surface area contributed by atoms with E-state index in [1.54, 1.807) is 35.2 Å². The van der Waals surface area contributed by atoms with E-state index < -0.39 is 27.9 Å². The normalized spacial score (nSPS) is 19.4. The first-order chi connectivity index (χ1) is 20.6. The first-order valence-corrected chi connectivity index (χ1v) is 16.9. The molecule has 1 saturated heterocycles. The van der Waals surface area contributed by atoms with E-state index in [0.29, 0.717) is 26.3 Å². The molecular weight excluding hydrogens is 570 g/mol. The van der Waals surface area contributed by atoms with Crippen LogP contribution in [0.5, 0.6) is 0 Å². The Bertz CT molecular complexity index is 1320. The lowest BCUT2D eigenvalue weighted by atomic mass is 10.1. The number of nitrogens with zero attached hydrogens (tertiary/aromatic N) is 3. The molecule has 3 unspecified atom stereocenters. The van der Waals surface area contributed by atoms with E-state index >= 15 is 0 Å². The number of hydrogen-bond donors (Lipinski definition) is 3. The molecular formula is C31H45N5O6S. The molecule has 0 radical (unpaired) electrons. The van der Waals surface area contributed by atoms with E-state index in [-0.39, 0.29) is 35.7 Å². The van der Waals surface area contributed by atoms with Crippen molar-refractivity contribution in [1.82, 2.24) is 20.1 Å². The third kappa shape index (κ3) is 9.38. The van der Waals surface area contributed by atoms with Crippen molar-refractivity contribution in [2.24, 2.45) is 0 Å². The smallest absolute Gasteiger partial charge is 0.326 e. The van der Waals surface area contributed by atoms with Crippen molar-refractivity contribution in [2.75, 3.05) is 50.5 Å². The highest BCUT2D eigenvalue weighted by molar-refractivity contribution is 7.91. The Morgan fingerprint density at radius 2 is 1.84 bits per heavy atom.